The molecule has 1 N–H and O–H groups in total. The Kier molecular flexibility index (Phi) is 6.93. The lowest BCUT2D eigenvalue weighted by Gasteiger charge is -2.19. The smallest absolute Gasteiger partial charge is 0.412 e. The number of thiophene rings is 1. The Morgan fingerprint density at radius 1 is 1.36 bits per heavy atom. The SMILES string of the molecule is CCOC(=O)CCC#Cc1sccc1NC(=O)OC(C)(C)C. The van der Waals surface area contributed by atoms with Crippen LogP contribution in [-0.2, 0) is 14.3 Å². The predicted molar refractivity (Wildman–Crippen MR) is 86.9 cm³/mol. The summed E-state index contributed by atoms with van der Waals surface area (Å²) in [7, 11) is 0. The van der Waals surface area contributed by atoms with Gasteiger partial charge in [0.2, 0.25) is 0 Å². The topological polar surface area (TPSA) is 64.6 Å². The fourth-order valence-electron chi connectivity index (χ4n) is 1.46. The fraction of sp³-hybridized carbons (Fsp3) is 0.500. The van der Waals surface area contributed by atoms with Gasteiger partial charge >= 0.3 is 12.1 Å². The van der Waals surface area contributed by atoms with E-state index in [0.717, 1.165) is 4.88 Å². The molecule has 6 heteroatoms. The van der Waals surface area contributed by atoms with Crippen molar-refractivity contribution in [3.8, 4) is 11.8 Å². The summed E-state index contributed by atoms with van der Waals surface area (Å²) >= 11 is 1.42. The second-order valence-electron chi connectivity index (χ2n) is 5.40. The van der Waals surface area contributed by atoms with E-state index in [2.05, 4.69) is 17.2 Å². The summed E-state index contributed by atoms with van der Waals surface area (Å²) in [6.45, 7) is 7.55. The molecule has 1 rings (SSSR count). The first-order valence-electron chi connectivity index (χ1n) is 7.04. The quantitative estimate of drug-likeness (QED) is 0.676. The minimum atomic E-state index is -0.550. The Bertz CT molecular complexity index is 575. The number of nitrogens with one attached hydrogen (secondary N) is 1. The molecule has 0 saturated heterocycles. The lowest BCUT2D eigenvalue weighted by atomic mass is 10.2. The third-order valence-electron chi connectivity index (χ3n) is 2.26. The summed E-state index contributed by atoms with van der Waals surface area (Å²) in [5, 5.41) is 4.51. The molecule has 1 amide bonds. The third kappa shape index (κ3) is 7.14. The van der Waals surface area contributed by atoms with Crippen molar-refractivity contribution < 1.29 is 19.1 Å². The maximum absolute atomic E-state index is 11.7. The Labute approximate surface area is 135 Å². The zero-order chi connectivity index (χ0) is 16.6. The largest absolute Gasteiger partial charge is 0.466 e. The second kappa shape index (κ2) is 8.44. The first-order valence-corrected chi connectivity index (χ1v) is 7.91. The summed E-state index contributed by atoms with van der Waals surface area (Å²) in [5.74, 6) is 5.60. The summed E-state index contributed by atoms with van der Waals surface area (Å²) in [6.07, 6.45) is 0.171. The molecule has 0 fully saturated rings. The van der Waals surface area contributed by atoms with Crippen molar-refractivity contribution in [2.24, 2.45) is 0 Å². The molecule has 1 heterocycles. The number of rotatable bonds is 4. The number of carbonyl (C=O) groups is 2. The summed E-state index contributed by atoms with van der Waals surface area (Å²) < 4.78 is 10.0. The van der Waals surface area contributed by atoms with E-state index in [0.29, 0.717) is 18.7 Å². The van der Waals surface area contributed by atoms with Crippen LogP contribution in [0.15, 0.2) is 11.4 Å². The van der Waals surface area contributed by atoms with E-state index in [1.165, 1.54) is 11.3 Å². The van der Waals surface area contributed by atoms with Gasteiger partial charge in [0.25, 0.3) is 0 Å². The number of hydrogen-bond donors (Lipinski definition) is 1. The van der Waals surface area contributed by atoms with E-state index in [4.69, 9.17) is 9.47 Å². The zero-order valence-corrected chi connectivity index (χ0v) is 14.1. The van der Waals surface area contributed by atoms with E-state index in [1.54, 1.807) is 33.8 Å². The van der Waals surface area contributed by atoms with Gasteiger partial charge in [0, 0.05) is 6.42 Å². The van der Waals surface area contributed by atoms with Gasteiger partial charge in [0.15, 0.2) is 0 Å². The van der Waals surface area contributed by atoms with Crippen molar-refractivity contribution in [2.45, 2.75) is 46.1 Å². The first kappa shape index (κ1) is 18.1. The van der Waals surface area contributed by atoms with E-state index < -0.39 is 11.7 Å². The van der Waals surface area contributed by atoms with Crippen LogP contribution in [0.1, 0.15) is 45.4 Å². The van der Waals surface area contributed by atoms with Gasteiger partial charge in [-0.15, -0.1) is 11.3 Å². The molecule has 0 bridgehead atoms. The standard InChI is InChI=1S/C16H21NO4S/c1-5-20-14(18)9-7-6-8-13-12(10-11-22-13)17-15(19)21-16(2,3)4/h10-11H,5,7,9H2,1-4H3,(H,17,19). The minimum absolute atomic E-state index is 0.255. The number of anilines is 1. The number of amides is 1. The number of hydrogen-bond acceptors (Lipinski definition) is 5. The highest BCUT2D eigenvalue weighted by Gasteiger charge is 2.17. The normalized spacial score (nSPS) is 10.4. The maximum Gasteiger partial charge on any atom is 0.412 e. The van der Waals surface area contributed by atoms with Crippen molar-refractivity contribution in [3.63, 3.8) is 0 Å². The van der Waals surface area contributed by atoms with Crippen molar-refractivity contribution in [3.05, 3.63) is 16.3 Å². The molecule has 0 atom stereocenters. The monoisotopic (exact) mass is 323 g/mol. The molecular formula is C16H21NO4S. The molecule has 0 radical (unpaired) electrons. The van der Waals surface area contributed by atoms with Crippen LogP contribution in [-0.4, -0.2) is 24.3 Å². The van der Waals surface area contributed by atoms with Crippen molar-refractivity contribution in [2.75, 3.05) is 11.9 Å². The van der Waals surface area contributed by atoms with Gasteiger partial charge in [-0.1, -0.05) is 11.8 Å². The summed E-state index contributed by atoms with van der Waals surface area (Å²) in [5.41, 5.74) is 0.0638. The molecule has 1 aromatic heterocycles. The van der Waals surface area contributed by atoms with Crippen LogP contribution in [0.5, 0.6) is 0 Å². The highest BCUT2D eigenvalue weighted by atomic mass is 32.1. The maximum atomic E-state index is 11.7. The second-order valence-corrected chi connectivity index (χ2v) is 6.31. The Morgan fingerprint density at radius 2 is 2.09 bits per heavy atom. The van der Waals surface area contributed by atoms with Gasteiger partial charge in [-0.05, 0) is 39.1 Å². The van der Waals surface area contributed by atoms with Crippen LogP contribution in [0.3, 0.4) is 0 Å². The Balaban J connectivity index is 2.56. The van der Waals surface area contributed by atoms with E-state index in [1.807, 2.05) is 5.38 Å². The van der Waals surface area contributed by atoms with Crippen molar-refractivity contribution >= 4 is 29.1 Å². The average Bonchev–Trinajstić information content (AvgIpc) is 2.80. The number of ether oxygens (including phenoxy) is 2. The average molecular weight is 323 g/mol. The molecule has 0 saturated carbocycles. The van der Waals surface area contributed by atoms with Crippen LogP contribution < -0.4 is 5.32 Å². The van der Waals surface area contributed by atoms with Gasteiger partial charge in [0.1, 0.15) is 10.5 Å². The van der Waals surface area contributed by atoms with E-state index >= 15 is 0 Å². The molecule has 0 aromatic carbocycles. The van der Waals surface area contributed by atoms with Gasteiger partial charge in [-0.25, -0.2) is 4.79 Å². The molecule has 22 heavy (non-hydrogen) atoms. The fourth-order valence-corrected chi connectivity index (χ4v) is 2.18. The lowest BCUT2D eigenvalue weighted by Crippen LogP contribution is -2.27. The van der Waals surface area contributed by atoms with Crippen LogP contribution in [0.25, 0.3) is 0 Å². The lowest BCUT2D eigenvalue weighted by molar-refractivity contribution is -0.142. The van der Waals surface area contributed by atoms with Crippen LogP contribution in [0, 0.1) is 11.8 Å². The van der Waals surface area contributed by atoms with Gasteiger partial charge in [-0.2, -0.15) is 0 Å². The summed E-state index contributed by atoms with van der Waals surface area (Å²) in [4.78, 5) is 23.7. The molecule has 0 aliphatic carbocycles. The minimum Gasteiger partial charge on any atom is -0.466 e. The molecular weight excluding hydrogens is 302 g/mol. The molecule has 0 aliphatic heterocycles. The van der Waals surface area contributed by atoms with E-state index in [9.17, 15) is 9.59 Å². The van der Waals surface area contributed by atoms with Crippen molar-refractivity contribution in [1.82, 2.24) is 0 Å². The van der Waals surface area contributed by atoms with Gasteiger partial charge in [0.05, 0.1) is 18.7 Å². The highest BCUT2D eigenvalue weighted by molar-refractivity contribution is 7.11. The van der Waals surface area contributed by atoms with Crippen LogP contribution in [0.2, 0.25) is 0 Å². The number of carbonyl (C=O) groups excluding carboxylic acids is 2. The molecule has 1 aromatic rings. The van der Waals surface area contributed by atoms with Gasteiger partial charge < -0.3 is 9.47 Å². The number of esters is 1. The molecule has 0 aliphatic rings. The highest BCUT2D eigenvalue weighted by Crippen LogP contribution is 2.22. The molecule has 120 valence electrons. The predicted octanol–water partition coefficient (Wildman–Crippen LogP) is 3.79. The molecule has 0 unspecified atom stereocenters. The van der Waals surface area contributed by atoms with Crippen LogP contribution in [0.4, 0.5) is 10.5 Å². The Hall–Kier alpha value is -2.00. The van der Waals surface area contributed by atoms with Crippen LogP contribution >= 0.6 is 11.3 Å². The first-order chi connectivity index (χ1) is 10.3. The Morgan fingerprint density at radius 3 is 2.73 bits per heavy atom. The van der Waals surface area contributed by atoms with E-state index in [-0.39, 0.29) is 12.4 Å². The van der Waals surface area contributed by atoms with Gasteiger partial charge in [-0.3, -0.25) is 10.1 Å². The summed E-state index contributed by atoms with van der Waals surface area (Å²) in [6, 6.07) is 1.77. The molecule has 5 nitrogen and oxygen atoms in total. The van der Waals surface area contributed by atoms with Crippen molar-refractivity contribution in [1.29, 1.82) is 0 Å². The molecule has 0 spiro atoms. The third-order valence-corrected chi connectivity index (χ3v) is 3.09. The zero-order valence-electron chi connectivity index (χ0n) is 13.3.